The van der Waals surface area contributed by atoms with Gasteiger partial charge in [0.15, 0.2) is 0 Å². The van der Waals surface area contributed by atoms with E-state index >= 15 is 0 Å². The van der Waals surface area contributed by atoms with Crippen LogP contribution in [-0.4, -0.2) is 40.2 Å². The van der Waals surface area contributed by atoms with Crippen LogP contribution in [0.5, 0.6) is 0 Å². The molecule has 0 saturated carbocycles. The van der Waals surface area contributed by atoms with Crippen LogP contribution in [0.1, 0.15) is 55.4 Å². The molecule has 0 aliphatic rings. The number of rotatable bonds is 8. The van der Waals surface area contributed by atoms with Gasteiger partial charge in [0.1, 0.15) is 0 Å². The maximum absolute atomic E-state index is 5.88. The minimum atomic E-state index is -0.0701. The van der Waals surface area contributed by atoms with Crippen LogP contribution < -0.4 is 5.73 Å². The van der Waals surface area contributed by atoms with Gasteiger partial charge in [-0.2, -0.15) is 0 Å². The summed E-state index contributed by atoms with van der Waals surface area (Å²) in [4.78, 5) is 0. The van der Waals surface area contributed by atoms with Gasteiger partial charge in [-0.3, -0.25) is 4.44 Å². The van der Waals surface area contributed by atoms with Crippen LogP contribution >= 0.6 is 16.1 Å². The predicted molar refractivity (Wildman–Crippen MR) is 90.1 cm³/mol. The van der Waals surface area contributed by atoms with E-state index in [4.69, 9.17) is 5.73 Å². The van der Waals surface area contributed by atoms with Crippen molar-refractivity contribution in [2.75, 3.05) is 13.1 Å². The Bertz CT molecular complexity index is 182. The van der Waals surface area contributed by atoms with E-state index in [-0.39, 0.29) is 16.1 Å². The minimum absolute atomic E-state index is 0.0701. The third-order valence-corrected chi connectivity index (χ3v) is 9.92. The summed E-state index contributed by atoms with van der Waals surface area (Å²) < 4.78 is 2.81. The second-order valence-corrected chi connectivity index (χ2v) is 13.0. The molecular weight excluding hydrogens is 258 g/mol. The fraction of sp³-hybridized carbons (Fsp3) is 1.00. The van der Waals surface area contributed by atoms with Gasteiger partial charge in [0.05, 0.1) is 0 Å². The Hall–Kier alpha value is 0.780. The van der Waals surface area contributed by atoms with Gasteiger partial charge in [-0.25, -0.2) is 0 Å². The maximum atomic E-state index is 5.88. The molecule has 0 spiro atoms. The van der Waals surface area contributed by atoms with Gasteiger partial charge in [0.2, 0.25) is 0 Å². The summed E-state index contributed by atoms with van der Waals surface area (Å²) in [7, 11) is -0.140. The number of hydrogen-bond acceptors (Lipinski definition) is 2. The SMILES string of the molecule is CC(C)P(C(C)C)N(CCN)P(C(C)C)C(C)C. The highest BCUT2D eigenvalue weighted by Crippen LogP contribution is 2.64. The standard InChI is InChI=1S/C14H34N2P2/c1-11(2)17(12(3)4)16(10-9-15)18(13(5)6)14(7)8/h11-14H,9-10,15H2,1-8H3. The van der Waals surface area contributed by atoms with Crippen LogP contribution in [0.25, 0.3) is 0 Å². The molecule has 4 heteroatoms. The average molecular weight is 292 g/mol. The van der Waals surface area contributed by atoms with Crippen LogP contribution in [0, 0.1) is 0 Å². The number of hydrogen-bond donors (Lipinski definition) is 1. The molecule has 0 amide bonds. The van der Waals surface area contributed by atoms with Crippen LogP contribution in [0.4, 0.5) is 0 Å². The third kappa shape index (κ3) is 5.41. The first kappa shape index (κ1) is 18.8. The Morgan fingerprint density at radius 3 is 1.17 bits per heavy atom. The molecular formula is C14H34N2P2. The molecule has 0 aliphatic heterocycles. The zero-order valence-electron chi connectivity index (χ0n) is 13.6. The summed E-state index contributed by atoms with van der Waals surface area (Å²) in [6.07, 6.45) is 0. The lowest BCUT2D eigenvalue weighted by Gasteiger charge is -2.45. The highest BCUT2D eigenvalue weighted by molar-refractivity contribution is 7.71. The first-order valence-electron chi connectivity index (χ1n) is 7.28. The van der Waals surface area contributed by atoms with E-state index in [1.54, 1.807) is 0 Å². The van der Waals surface area contributed by atoms with Crippen molar-refractivity contribution in [2.45, 2.75) is 78.0 Å². The molecule has 0 atom stereocenters. The summed E-state index contributed by atoms with van der Waals surface area (Å²) >= 11 is 0. The molecule has 0 bridgehead atoms. The number of nitrogens with two attached hydrogens (primary N) is 1. The summed E-state index contributed by atoms with van der Waals surface area (Å²) in [6, 6.07) is 0. The smallest absolute Gasteiger partial charge is 0.0185 e. The first-order valence-corrected chi connectivity index (χ1v) is 10.1. The van der Waals surface area contributed by atoms with Gasteiger partial charge >= 0.3 is 0 Å². The molecule has 0 rings (SSSR count). The van der Waals surface area contributed by atoms with Crippen molar-refractivity contribution in [1.29, 1.82) is 0 Å². The molecule has 0 aromatic rings. The molecule has 18 heavy (non-hydrogen) atoms. The van der Waals surface area contributed by atoms with Crippen molar-refractivity contribution in [3.05, 3.63) is 0 Å². The Kier molecular flexibility index (Phi) is 9.24. The highest BCUT2D eigenvalue weighted by atomic mass is 31.2. The van der Waals surface area contributed by atoms with Crippen molar-refractivity contribution in [2.24, 2.45) is 5.73 Å². The van der Waals surface area contributed by atoms with Gasteiger partial charge in [0, 0.05) is 13.1 Å². The Labute approximate surface area is 118 Å². The zero-order chi connectivity index (χ0) is 14.5. The lowest BCUT2D eigenvalue weighted by Crippen LogP contribution is -2.30. The van der Waals surface area contributed by atoms with Gasteiger partial charge in [-0.1, -0.05) is 55.4 Å². The van der Waals surface area contributed by atoms with Gasteiger partial charge in [-0.15, -0.1) is 0 Å². The molecule has 0 fully saturated rings. The molecule has 0 radical (unpaired) electrons. The van der Waals surface area contributed by atoms with E-state index in [2.05, 4.69) is 59.8 Å². The first-order chi connectivity index (χ1) is 8.23. The predicted octanol–water partition coefficient (Wildman–Crippen LogP) is 4.67. The number of nitrogens with zero attached hydrogens (tertiary/aromatic N) is 1. The van der Waals surface area contributed by atoms with E-state index in [0.717, 1.165) is 35.7 Å². The molecule has 2 nitrogen and oxygen atoms in total. The van der Waals surface area contributed by atoms with Crippen molar-refractivity contribution in [3.63, 3.8) is 0 Å². The van der Waals surface area contributed by atoms with Crippen molar-refractivity contribution >= 4 is 16.1 Å². The Morgan fingerprint density at radius 2 is 1.00 bits per heavy atom. The lowest BCUT2D eigenvalue weighted by molar-refractivity contribution is 0.660. The fourth-order valence-electron chi connectivity index (χ4n) is 2.72. The van der Waals surface area contributed by atoms with E-state index in [1.807, 2.05) is 0 Å². The fourth-order valence-corrected chi connectivity index (χ4v) is 11.4. The molecule has 2 N–H and O–H groups in total. The second kappa shape index (κ2) is 8.85. The van der Waals surface area contributed by atoms with Crippen molar-refractivity contribution < 1.29 is 0 Å². The molecule has 0 aromatic heterocycles. The Balaban J connectivity index is 5.22. The molecule has 0 aromatic carbocycles. The highest BCUT2D eigenvalue weighted by Gasteiger charge is 2.33. The van der Waals surface area contributed by atoms with Gasteiger partial charge in [0.25, 0.3) is 0 Å². The van der Waals surface area contributed by atoms with Crippen LogP contribution in [-0.2, 0) is 0 Å². The molecule has 0 saturated heterocycles. The van der Waals surface area contributed by atoms with Crippen molar-refractivity contribution in [1.82, 2.24) is 4.44 Å². The summed E-state index contributed by atoms with van der Waals surface area (Å²) in [5.41, 5.74) is 8.92. The van der Waals surface area contributed by atoms with Crippen LogP contribution in [0.3, 0.4) is 0 Å². The lowest BCUT2D eigenvalue weighted by atomic mass is 10.5. The monoisotopic (exact) mass is 292 g/mol. The van der Waals surface area contributed by atoms with Crippen LogP contribution in [0.15, 0.2) is 0 Å². The summed E-state index contributed by atoms with van der Waals surface area (Å²) in [5, 5.41) is 0. The van der Waals surface area contributed by atoms with E-state index < -0.39 is 0 Å². The van der Waals surface area contributed by atoms with Gasteiger partial charge < -0.3 is 5.73 Å². The van der Waals surface area contributed by atoms with E-state index in [9.17, 15) is 0 Å². The second-order valence-electron chi connectivity index (χ2n) is 6.02. The molecule has 0 unspecified atom stereocenters. The summed E-state index contributed by atoms with van der Waals surface area (Å²) in [6.45, 7) is 20.9. The van der Waals surface area contributed by atoms with E-state index in [1.165, 1.54) is 0 Å². The topological polar surface area (TPSA) is 29.3 Å². The maximum Gasteiger partial charge on any atom is 0.0185 e. The van der Waals surface area contributed by atoms with Crippen LogP contribution in [0.2, 0.25) is 0 Å². The summed E-state index contributed by atoms with van der Waals surface area (Å²) in [5.74, 6) is 0. The minimum Gasteiger partial charge on any atom is -0.329 e. The Morgan fingerprint density at radius 1 is 0.722 bits per heavy atom. The zero-order valence-corrected chi connectivity index (χ0v) is 15.4. The molecule has 110 valence electrons. The van der Waals surface area contributed by atoms with Gasteiger partial charge in [-0.05, 0) is 38.8 Å². The average Bonchev–Trinajstić information content (AvgIpc) is 2.14. The normalized spacial score (nSPS) is 13.3. The molecule has 0 aliphatic carbocycles. The molecule has 0 heterocycles. The third-order valence-electron chi connectivity index (χ3n) is 2.98. The van der Waals surface area contributed by atoms with E-state index in [0.29, 0.717) is 0 Å². The quantitative estimate of drug-likeness (QED) is 0.658. The van der Waals surface area contributed by atoms with Crippen molar-refractivity contribution in [3.8, 4) is 0 Å². The largest absolute Gasteiger partial charge is 0.329 e.